The summed E-state index contributed by atoms with van der Waals surface area (Å²) in [4.78, 5) is 1.01. The van der Waals surface area contributed by atoms with Crippen LogP contribution in [0.25, 0.3) is 0 Å². The summed E-state index contributed by atoms with van der Waals surface area (Å²) in [6.45, 7) is 25.2. The highest BCUT2D eigenvalue weighted by Crippen LogP contribution is 2.40. The van der Waals surface area contributed by atoms with Gasteiger partial charge in [0.2, 0.25) is 0 Å². The predicted octanol–water partition coefficient (Wildman–Crippen LogP) is 6.22. The zero-order chi connectivity index (χ0) is 17.3. The van der Waals surface area contributed by atoms with Gasteiger partial charge in [-0.15, -0.1) is 0 Å². The van der Waals surface area contributed by atoms with E-state index >= 15 is 0 Å². The fourth-order valence-electron chi connectivity index (χ4n) is 3.27. The average Bonchev–Trinajstić information content (AvgIpc) is 2.09. The summed E-state index contributed by atoms with van der Waals surface area (Å²) in [6.07, 6.45) is 2.21. The molecule has 0 saturated carbocycles. The Hall–Kier alpha value is -0.110. The van der Waals surface area contributed by atoms with E-state index in [0.29, 0.717) is 16.7 Å². The number of rotatable bonds is 6. The van der Waals surface area contributed by atoms with Gasteiger partial charge in [-0.25, -0.2) is 0 Å². The van der Waals surface area contributed by atoms with Gasteiger partial charge in [0.15, 0.2) is 0 Å². The van der Waals surface area contributed by atoms with Crippen molar-refractivity contribution in [1.82, 2.24) is 5.32 Å². The first-order valence-corrected chi connectivity index (χ1v) is 8.72. The molecule has 0 spiro atoms. The number of hydrogen-bond donors (Lipinski definition) is 1. The van der Waals surface area contributed by atoms with E-state index in [1.807, 2.05) is 0 Å². The van der Waals surface area contributed by atoms with Crippen molar-refractivity contribution < 1.29 is 0 Å². The van der Waals surface area contributed by atoms with Gasteiger partial charge in [-0.3, -0.25) is 0 Å². The van der Waals surface area contributed by atoms with Crippen LogP contribution in [0.4, 0.5) is 0 Å². The molecule has 0 saturated heterocycles. The minimum Gasteiger partial charge on any atom is -0.374 e. The van der Waals surface area contributed by atoms with E-state index in [4.69, 9.17) is 12.2 Å². The maximum Gasteiger partial charge on any atom is 0.0814 e. The summed E-state index contributed by atoms with van der Waals surface area (Å²) in [7, 11) is 0. The van der Waals surface area contributed by atoms with Crippen molar-refractivity contribution >= 4 is 17.2 Å². The van der Waals surface area contributed by atoms with Gasteiger partial charge >= 0.3 is 0 Å². The van der Waals surface area contributed by atoms with Crippen LogP contribution in [0.1, 0.15) is 89.0 Å². The molecule has 0 aliphatic rings. The summed E-state index contributed by atoms with van der Waals surface area (Å²) in [5.74, 6) is 0.655. The van der Waals surface area contributed by atoms with Crippen molar-refractivity contribution in [3.8, 4) is 0 Å². The van der Waals surface area contributed by atoms with Crippen LogP contribution in [-0.4, -0.2) is 10.5 Å². The largest absolute Gasteiger partial charge is 0.374 e. The summed E-state index contributed by atoms with van der Waals surface area (Å²) in [5.41, 5.74) is 0.656. The lowest BCUT2D eigenvalue weighted by molar-refractivity contribution is 0.173. The molecule has 0 radical (unpaired) electrons. The average molecular weight is 314 g/mol. The number of nitrogens with one attached hydrogen (secondary N) is 1. The quantitative estimate of drug-likeness (QED) is 0.584. The van der Waals surface area contributed by atoms with E-state index in [9.17, 15) is 0 Å². The molecule has 0 rings (SSSR count). The van der Waals surface area contributed by atoms with Crippen molar-refractivity contribution in [2.24, 2.45) is 22.2 Å². The normalized spacial score (nSPS) is 14.5. The Morgan fingerprint density at radius 3 is 1.62 bits per heavy atom. The Morgan fingerprint density at radius 1 is 0.857 bits per heavy atom. The zero-order valence-electron chi connectivity index (χ0n) is 16.4. The van der Waals surface area contributed by atoms with Gasteiger partial charge < -0.3 is 5.32 Å². The monoisotopic (exact) mass is 313 g/mol. The lowest BCUT2D eigenvalue weighted by Gasteiger charge is -2.42. The molecule has 1 N–H and O–H groups in total. The molecule has 0 heterocycles. The molecule has 0 fully saturated rings. The van der Waals surface area contributed by atoms with Crippen LogP contribution >= 0.6 is 12.2 Å². The molecule has 0 amide bonds. The first-order valence-electron chi connectivity index (χ1n) is 8.31. The molecular formula is C19H39NS. The Balaban J connectivity index is 4.92. The minimum absolute atomic E-state index is 0.0260. The summed E-state index contributed by atoms with van der Waals surface area (Å²) in [6, 6.07) is 0. The molecule has 0 bridgehead atoms. The van der Waals surface area contributed by atoms with Gasteiger partial charge in [0, 0.05) is 11.0 Å². The molecule has 2 heteroatoms. The smallest absolute Gasteiger partial charge is 0.0814 e. The van der Waals surface area contributed by atoms with E-state index in [1.165, 1.54) is 0 Å². The maximum atomic E-state index is 5.77. The fourth-order valence-corrected chi connectivity index (χ4v) is 3.62. The molecule has 0 aromatic heterocycles. The van der Waals surface area contributed by atoms with Gasteiger partial charge in [0.05, 0.1) is 4.99 Å². The van der Waals surface area contributed by atoms with E-state index in [-0.39, 0.29) is 11.0 Å². The van der Waals surface area contributed by atoms with Gasteiger partial charge in [0.1, 0.15) is 0 Å². The molecule has 0 unspecified atom stereocenters. The SMILES string of the molecule is CC(C)C(C)(C)CC(C)(C)C(=S)NC(C)(C)CC(C)(C)C. The third-order valence-electron chi connectivity index (χ3n) is 4.50. The van der Waals surface area contributed by atoms with Gasteiger partial charge in [-0.1, -0.05) is 74.5 Å². The molecule has 0 aliphatic heterocycles. The second-order valence-corrected chi connectivity index (χ2v) is 10.7. The highest BCUT2D eigenvalue weighted by atomic mass is 32.1. The second kappa shape index (κ2) is 6.56. The Morgan fingerprint density at radius 2 is 1.29 bits per heavy atom. The lowest BCUT2D eigenvalue weighted by Crippen LogP contribution is -2.50. The van der Waals surface area contributed by atoms with Crippen LogP contribution < -0.4 is 5.32 Å². The van der Waals surface area contributed by atoms with Crippen LogP contribution in [0.5, 0.6) is 0 Å². The van der Waals surface area contributed by atoms with Crippen molar-refractivity contribution in [3.63, 3.8) is 0 Å². The van der Waals surface area contributed by atoms with Gasteiger partial charge in [-0.2, -0.15) is 0 Å². The van der Waals surface area contributed by atoms with Crippen molar-refractivity contribution in [1.29, 1.82) is 0 Å². The highest BCUT2D eigenvalue weighted by molar-refractivity contribution is 7.80. The van der Waals surface area contributed by atoms with Crippen molar-refractivity contribution in [2.45, 2.75) is 94.5 Å². The van der Waals surface area contributed by atoms with Crippen LogP contribution in [0, 0.1) is 22.2 Å². The molecule has 0 aromatic rings. The third kappa shape index (κ3) is 7.63. The Bertz CT molecular complexity index is 356. The molecule has 1 nitrogen and oxygen atoms in total. The fraction of sp³-hybridized carbons (Fsp3) is 0.947. The predicted molar refractivity (Wildman–Crippen MR) is 101 cm³/mol. The van der Waals surface area contributed by atoms with E-state index < -0.39 is 0 Å². The molecular weight excluding hydrogens is 274 g/mol. The standard InChI is InChI=1S/C19H39NS/c1-14(2)17(6,7)13-18(8,9)15(21)20-19(10,11)12-16(3,4)5/h14H,12-13H2,1-11H3,(H,20,21). The topological polar surface area (TPSA) is 12.0 Å². The summed E-state index contributed by atoms with van der Waals surface area (Å²) >= 11 is 5.77. The maximum absolute atomic E-state index is 5.77. The van der Waals surface area contributed by atoms with Crippen LogP contribution in [0.15, 0.2) is 0 Å². The Kier molecular flexibility index (Phi) is 6.53. The lowest BCUT2D eigenvalue weighted by atomic mass is 9.69. The molecule has 0 aliphatic carbocycles. The van der Waals surface area contributed by atoms with Gasteiger partial charge in [-0.05, 0) is 43.4 Å². The van der Waals surface area contributed by atoms with Crippen LogP contribution in [0.3, 0.4) is 0 Å². The van der Waals surface area contributed by atoms with Crippen molar-refractivity contribution in [3.05, 3.63) is 0 Å². The molecule has 21 heavy (non-hydrogen) atoms. The van der Waals surface area contributed by atoms with Crippen molar-refractivity contribution in [2.75, 3.05) is 0 Å². The van der Waals surface area contributed by atoms with Crippen LogP contribution in [-0.2, 0) is 0 Å². The number of hydrogen-bond acceptors (Lipinski definition) is 1. The molecule has 0 atom stereocenters. The minimum atomic E-state index is 0.0260. The first kappa shape index (κ1) is 20.9. The summed E-state index contributed by atoms with van der Waals surface area (Å²) < 4.78 is 0. The van der Waals surface area contributed by atoms with E-state index in [2.05, 4.69) is 81.5 Å². The third-order valence-corrected chi connectivity index (χ3v) is 5.15. The van der Waals surface area contributed by atoms with E-state index in [1.54, 1.807) is 0 Å². The number of thiocarbonyl (C=S) groups is 1. The second-order valence-electron chi connectivity index (χ2n) is 10.3. The Labute approximate surface area is 139 Å². The summed E-state index contributed by atoms with van der Waals surface area (Å²) in [5, 5.41) is 3.65. The van der Waals surface area contributed by atoms with E-state index in [0.717, 1.165) is 17.8 Å². The zero-order valence-corrected chi connectivity index (χ0v) is 17.2. The highest BCUT2D eigenvalue weighted by Gasteiger charge is 2.36. The van der Waals surface area contributed by atoms with Crippen LogP contribution in [0.2, 0.25) is 0 Å². The molecule has 0 aromatic carbocycles. The first-order chi connectivity index (χ1) is 8.99. The molecule has 126 valence electrons. The van der Waals surface area contributed by atoms with Gasteiger partial charge in [0.25, 0.3) is 0 Å².